The fourth-order valence-electron chi connectivity index (χ4n) is 0.718. The van der Waals surface area contributed by atoms with Gasteiger partial charge in [0.1, 0.15) is 0 Å². The lowest BCUT2D eigenvalue weighted by atomic mass is 10.4. The van der Waals surface area contributed by atoms with E-state index in [4.69, 9.17) is 5.26 Å². The van der Waals surface area contributed by atoms with Crippen LogP contribution in [0.5, 0.6) is 0 Å². The van der Waals surface area contributed by atoms with Gasteiger partial charge in [0.2, 0.25) is 0 Å². The van der Waals surface area contributed by atoms with Crippen LogP contribution in [0.2, 0.25) is 0 Å². The predicted molar refractivity (Wildman–Crippen MR) is 46.8 cm³/mol. The quantitative estimate of drug-likeness (QED) is 0.679. The van der Waals surface area contributed by atoms with Gasteiger partial charge in [-0.3, -0.25) is 4.79 Å². The zero-order valence-corrected chi connectivity index (χ0v) is 7.11. The molecule has 1 aromatic heterocycles. The number of thiol groups is 1. The summed E-state index contributed by atoms with van der Waals surface area (Å²) in [7, 11) is 0. The van der Waals surface area contributed by atoms with Gasteiger partial charge in [-0.25, -0.2) is 0 Å². The van der Waals surface area contributed by atoms with Crippen LogP contribution in [0.1, 0.15) is 11.8 Å². The van der Waals surface area contributed by atoms with Crippen LogP contribution in [-0.2, 0) is 0 Å². The first-order valence-corrected chi connectivity index (χ1v) is 3.84. The molecule has 0 N–H and O–H groups in total. The highest BCUT2D eigenvalue weighted by Gasteiger charge is 2.01. The largest absolute Gasteiger partial charge is 0.325 e. The van der Waals surface area contributed by atoms with Crippen molar-refractivity contribution in [3.05, 3.63) is 28.9 Å². The number of hydrogen-bond donors (Lipinski definition) is 1. The summed E-state index contributed by atoms with van der Waals surface area (Å²) in [5.74, 6) is 0. The molecule has 1 heterocycles. The molecule has 5 heteroatoms. The zero-order valence-electron chi connectivity index (χ0n) is 6.21. The molecule has 1 aromatic rings. The van der Waals surface area contributed by atoms with Gasteiger partial charge in [-0.05, 0) is 0 Å². The highest BCUT2D eigenvalue weighted by Crippen LogP contribution is 2.12. The van der Waals surface area contributed by atoms with Crippen molar-refractivity contribution in [1.82, 2.24) is 9.55 Å². The van der Waals surface area contributed by atoms with Gasteiger partial charge in [0.25, 0.3) is 5.56 Å². The van der Waals surface area contributed by atoms with Crippen molar-refractivity contribution in [3.8, 4) is 6.07 Å². The lowest BCUT2D eigenvalue weighted by Gasteiger charge is -2.08. The lowest BCUT2D eigenvalue weighted by Crippen LogP contribution is -2.10. The van der Waals surface area contributed by atoms with E-state index in [1.54, 1.807) is 10.8 Å². The third-order valence-electron chi connectivity index (χ3n) is 1.33. The first kappa shape index (κ1) is 8.81. The van der Waals surface area contributed by atoms with Crippen LogP contribution in [0.25, 0.3) is 0 Å². The Bertz CT molecular complexity index is 334. The molecule has 0 amide bonds. The predicted octanol–water partition coefficient (Wildman–Crippen LogP) is 0.585. The first-order valence-electron chi connectivity index (χ1n) is 3.33. The number of rotatable bonds is 2. The van der Waals surface area contributed by atoms with Crippen molar-refractivity contribution < 1.29 is 0 Å². The molecule has 0 saturated heterocycles. The van der Waals surface area contributed by atoms with Gasteiger partial charge in [0.15, 0.2) is 0 Å². The molecule has 0 saturated carbocycles. The molecule has 0 aliphatic heterocycles. The second-order valence-corrected chi connectivity index (χ2v) is 2.78. The summed E-state index contributed by atoms with van der Waals surface area (Å²) in [5, 5.41) is 8.12. The molecule has 0 radical (unpaired) electrons. The number of nitriles is 1. The third kappa shape index (κ3) is 2.10. The van der Waals surface area contributed by atoms with E-state index >= 15 is 0 Å². The molecule has 1 unspecified atom stereocenters. The summed E-state index contributed by atoms with van der Waals surface area (Å²) in [5.41, 5.74) is -0.288. The number of hydrogen-bond acceptors (Lipinski definition) is 4. The maximum atomic E-state index is 10.6. The van der Waals surface area contributed by atoms with Gasteiger partial charge in [0, 0.05) is 12.3 Å². The Hall–Kier alpha value is -1.28. The Balaban J connectivity index is 2.83. The van der Waals surface area contributed by atoms with E-state index in [-0.39, 0.29) is 17.4 Å². The van der Waals surface area contributed by atoms with Crippen LogP contribution in [-0.4, -0.2) is 9.55 Å². The molecular formula is C7H7N3OS. The lowest BCUT2D eigenvalue weighted by molar-refractivity contribution is 0.674. The molecule has 4 nitrogen and oxygen atoms in total. The Morgan fingerprint density at radius 3 is 3.08 bits per heavy atom. The molecule has 0 spiro atoms. The van der Waals surface area contributed by atoms with Crippen LogP contribution in [0, 0.1) is 11.3 Å². The molecule has 12 heavy (non-hydrogen) atoms. The Morgan fingerprint density at radius 1 is 1.83 bits per heavy atom. The first-order chi connectivity index (χ1) is 5.74. The van der Waals surface area contributed by atoms with Crippen LogP contribution < -0.4 is 5.56 Å². The minimum absolute atomic E-state index is 0.233. The van der Waals surface area contributed by atoms with Gasteiger partial charge in [-0.15, -0.1) is 0 Å². The van der Waals surface area contributed by atoms with E-state index in [0.29, 0.717) is 0 Å². The van der Waals surface area contributed by atoms with E-state index in [0.717, 1.165) is 0 Å². The van der Waals surface area contributed by atoms with Crippen molar-refractivity contribution in [2.45, 2.75) is 11.8 Å². The smallest absolute Gasteiger partial charge is 0.272 e. The average Bonchev–Trinajstić information content (AvgIpc) is 2.06. The summed E-state index contributed by atoms with van der Waals surface area (Å²) < 4.78 is 1.60. The monoisotopic (exact) mass is 181 g/mol. The molecule has 1 atom stereocenters. The topological polar surface area (TPSA) is 58.7 Å². The number of aromatic nitrogens is 2. The molecule has 1 rings (SSSR count). The molecule has 0 bridgehead atoms. The van der Waals surface area contributed by atoms with E-state index in [1.807, 2.05) is 6.07 Å². The van der Waals surface area contributed by atoms with Gasteiger partial charge >= 0.3 is 0 Å². The molecule has 0 aromatic carbocycles. The number of nitrogens with zero attached hydrogens (tertiary/aromatic N) is 3. The molecule has 0 fully saturated rings. The molecule has 0 aliphatic carbocycles. The summed E-state index contributed by atoms with van der Waals surface area (Å²) in [6.07, 6.45) is 3.22. The van der Waals surface area contributed by atoms with Gasteiger partial charge in [-0.1, -0.05) is 0 Å². The van der Waals surface area contributed by atoms with Crippen molar-refractivity contribution >= 4 is 12.6 Å². The normalized spacial score (nSPS) is 12.0. The van der Waals surface area contributed by atoms with Gasteiger partial charge < -0.3 is 4.57 Å². The molecule has 62 valence electrons. The summed E-state index contributed by atoms with van der Waals surface area (Å²) in [4.78, 5) is 14.1. The Morgan fingerprint density at radius 2 is 2.58 bits per heavy atom. The fourth-order valence-corrected chi connectivity index (χ4v) is 0.937. The minimum Gasteiger partial charge on any atom is -0.325 e. The van der Waals surface area contributed by atoms with Gasteiger partial charge in [-0.2, -0.15) is 22.9 Å². The Kier molecular flexibility index (Phi) is 2.88. The summed E-state index contributed by atoms with van der Waals surface area (Å²) in [6.45, 7) is 0. The van der Waals surface area contributed by atoms with Crippen LogP contribution in [0.3, 0.4) is 0 Å². The second kappa shape index (κ2) is 3.93. The highest BCUT2D eigenvalue weighted by atomic mass is 32.1. The average molecular weight is 181 g/mol. The van der Waals surface area contributed by atoms with Crippen molar-refractivity contribution in [3.63, 3.8) is 0 Å². The van der Waals surface area contributed by atoms with E-state index in [9.17, 15) is 4.79 Å². The van der Waals surface area contributed by atoms with Crippen molar-refractivity contribution in [2.75, 3.05) is 0 Å². The zero-order chi connectivity index (χ0) is 8.97. The van der Waals surface area contributed by atoms with Crippen LogP contribution >= 0.6 is 12.6 Å². The summed E-state index contributed by atoms with van der Waals surface area (Å²) in [6, 6.07) is 3.31. The second-order valence-electron chi connectivity index (χ2n) is 2.19. The van der Waals surface area contributed by atoms with Gasteiger partial charge in [0.05, 0.1) is 24.2 Å². The highest BCUT2D eigenvalue weighted by molar-refractivity contribution is 7.80. The van der Waals surface area contributed by atoms with E-state index < -0.39 is 0 Å². The maximum absolute atomic E-state index is 10.6. The van der Waals surface area contributed by atoms with Crippen LogP contribution in [0.15, 0.2) is 23.4 Å². The molecule has 0 aliphatic rings. The standard InChI is InChI=1S/C7H7N3OS/c8-3-1-7(12)10-4-2-6(11)9-5-10/h2,4-5,7,12H,1H2. The maximum Gasteiger partial charge on any atom is 0.272 e. The minimum atomic E-state index is -0.288. The van der Waals surface area contributed by atoms with Crippen molar-refractivity contribution in [2.24, 2.45) is 0 Å². The molecular weight excluding hydrogens is 174 g/mol. The fraction of sp³-hybridized carbons (Fsp3) is 0.286. The van der Waals surface area contributed by atoms with Crippen LogP contribution in [0.4, 0.5) is 0 Å². The SMILES string of the molecule is N#CCC(S)n1ccc(=O)nc1. The van der Waals surface area contributed by atoms with Crippen molar-refractivity contribution in [1.29, 1.82) is 5.26 Å². The third-order valence-corrected chi connectivity index (χ3v) is 1.77. The summed E-state index contributed by atoms with van der Waals surface area (Å²) >= 11 is 4.13. The van der Waals surface area contributed by atoms with E-state index in [1.165, 1.54) is 12.4 Å². The van der Waals surface area contributed by atoms with E-state index in [2.05, 4.69) is 17.6 Å². The Labute approximate surface area is 74.9 Å².